The Morgan fingerprint density at radius 3 is 2.81 bits per heavy atom. The maximum Gasteiger partial charge on any atom is 0.271 e. The van der Waals surface area contributed by atoms with Gasteiger partial charge in [-0.3, -0.25) is 24.6 Å². The minimum Gasteiger partial charge on any atom is -0.482 e. The minimum atomic E-state index is -0.612. The summed E-state index contributed by atoms with van der Waals surface area (Å²) in [7, 11) is 0. The Bertz CT molecular complexity index is 1210. The average molecular weight is 427 g/mol. The number of rotatable bonds is 5. The molecular formula is C18H14FN7O5. The summed E-state index contributed by atoms with van der Waals surface area (Å²) in [4.78, 5) is 36.4. The van der Waals surface area contributed by atoms with Crippen LogP contribution in [0.2, 0.25) is 0 Å². The van der Waals surface area contributed by atoms with Crippen LogP contribution in [0.25, 0.3) is 5.69 Å². The molecule has 2 heterocycles. The zero-order valence-electron chi connectivity index (χ0n) is 16.0. The SMILES string of the molecule is Cc1nnnn1-c1cc(NC(=O)CN2C(=O)COc3ccc([N+](=O)[O-])cc32)ccc1F. The van der Waals surface area contributed by atoms with Gasteiger partial charge in [0.1, 0.15) is 23.8 Å². The number of hydrogen-bond donors (Lipinski definition) is 1. The minimum absolute atomic E-state index is 0.0312. The molecule has 4 rings (SSSR count). The Kier molecular flexibility index (Phi) is 4.99. The van der Waals surface area contributed by atoms with E-state index in [1.54, 1.807) is 6.92 Å². The number of tetrazole rings is 1. The van der Waals surface area contributed by atoms with Crippen molar-refractivity contribution in [2.45, 2.75) is 6.92 Å². The summed E-state index contributed by atoms with van der Waals surface area (Å²) in [6.45, 7) is 0.857. The van der Waals surface area contributed by atoms with Crippen LogP contribution in [0.3, 0.4) is 0 Å². The van der Waals surface area contributed by atoms with Gasteiger partial charge in [-0.1, -0.05) is 0 Å². The predicted octanol–water partition coefficient (Wildman–Crippen LogP) is 1.38. The standard InChI is InChI=1S/C18H14FN7O5/c1-10-21-22-23-25(10)14-6-11(2-4-13(14)19)20-17(27)8-24-15-7-12(26(29)30)3-5-16(15)31-9-18(24)28/h2-7H,8-9H2,1H3,(H,20,27). The molecule has 1 aliphatic rings. The van der Waals surface area contributed by atoms with E-state index in [0.717, 1.165) is 17.0 Å². The first-order valence-corrected chi connectivity index (χ1v) is 8.90. The van der Waals surface area contributed by atoms with Gasteiger partial charge >= 0.3 is 0 Å². The van der Waals surface area contributed by atoms with Crippen LogP contribution in [0.1, 0.15) is 5.82 Å². The predicted molar refractivity (Wildman–Crippen MR) is 103 cm³/mol. The van der Waals surface area contributed by atoms with Crippen molar-refractivity contribution < 1.29 is 23.6 Å². The second-order valence-electron chi connectivity index (χ2n) is 6.53. The number of halogens is 1. The highest BCUT2D eigenvalue weighted by molar-refractivity contribution is 6.05. The molecule has 0 aliphatic carbocycles. The molecule has 1 aliphatic heterocycles. The van der Waals surface area contributed by atoms with Crippen molar-refractivity contribution in [3.8, 4) is 11.4 Å². The summed E-state index contributed by atoms with van der Waals surface area (Å²) in [5.74, 6) is -1.14. The molecule has 0 fully saturated rings. The number of aromatic nitrogens is 4. The highest BCUT2D eigenvalue weighted by Crippen LogP contribution is 2.35. The maximum atomic E-state index is 14.2. The van der Waals surface area contributed by atoms with Crippen LogP contribution in [0.15, 0.2) is 36.4 Å². The van der Waals surface area contributed by atoms with E-state index in [-0.39, 0.29) is 35.1 Å². The van der Waals surface area contributed by atoms with Crippen molar-refractivity contribution >= 4 is 28.9 Å². The summed E-state index contributed by atoms with van der Waals surface area (Å²) < 4.78 is 20.6. The Balaban J connectivity index is 1.56. The number of non-ortho nitro benzene ring substituents is 1. The van der Waals surface area contributed by atoms with E-state index in [1.165, 1.54) is 28.9 Å². The number of ether oxygens (including phenoxy) is 1. The van der Waals surface area contributed by atoms with Gasteiger partial charge in [-0.15, -0.1) is 5.10 Å². The molecule has 0 saturated carbocycles. The first-order chi connectivity index (χ1) is 14.8. The van der Waals surface area contributed by atoms with Gasteiger partial charge in [0.2, 0.25) is 5.91 Å². The van der Waals surface area contributed by atoms with Gasteiger partial charge in [-0.2, -0.15) is 4.68 Å². The highest BCUT2D eigenvalue weighted by atomic mass is 19.1. The normalized spacial score (nSPS) is 12.8. The number of benzene rings is 2. The third-order valence-electron chi connectivity index (χ3n) is 4.48. The van der Waals surface area contributed by atoms with Gasteiger partial charge in [0.15, 0.2) is 12.4 Å². The van der Waals surface area contributed by atoms with Gasteiger partial charge in [0, 0.05) is 17.8 Å². The molecule has 3 aromatic rings. The Morgan fingerprint density at radius 1 is 1.29 bits per heavy atom. The van der Waals surface area contributed by atoms with Crippen molar-refractivity contribution in [2.75, 3.05) is 23.4 Å². The first kappa shape index (κ1) is 19.9. The third kappa shape index (κ3) is 3.88. The number of aryl methyl sites for hydroxylation is 1. The van der Waals surface area contributed by atoms with Crippen molar-refractivity contribution in [2.24, 2.45) is 0 Å². The van der Waals surface area contributed by atoms with Gasteiger partial charge in [0.05, 0.1) is 10.6 Å². The number of amides is 2. The number of hydrogen-bond acceptors (Lipinski definition) is 8. The summed E-state index contributed by atoms with van der Waals surface area (Å²) >= 11 is 0. The lowest BCUT2D eigenvalue weighted by Crippen LogP contribution is -2.43. The molecule has 31 heavy (non-hydrogen) atoms. The first-order valence-electron chi connectivity index (χ1n) is 8.90. The zero-order chi connectivity index (χ0) is 22.1. The van der Waals surface area contributed by atoms with Gasteiger partial charge in [0.25, 0.3) is 11.6 Å². The molecule has 12 nitrogen and oxygen atoms in total. The van der Waals surface area contributed by atoms with Crippen LogP contribution in [0.5, 0.6) is 5.75 Å². The lowest BCUT2D eigenvalue weighted by Gasteiger charge is -2.28. The highest BCUT2D eigenvalue weighted by Gasteiger charge is 2.29. The van der Waals surface area contributed by atoms with E-state index in [4.69, 9.17) is 4.74 Å². The molecular weight excluding hydrogens is 413 g/mol. The Hall–Kier alpha value is -4.42. The van der Waals surface area contributed by atoms with E-state index in [0.29, 0.717) is 5.82 Å². The van der Waals surface area contributed by atoms with Gasteiger partial charge < -0.3 is 10.1 Å². The molecule has 0 bridgehead atoms. The van der Waals surface area contributed by atoms with Crippen molar-refractivity contribution in [1.82, 2.24) is 20.2 Å². The Labute approximate surface area is 173 Å². The largest absolute Gasteiger partial charge is 0.482 e. The number of carbonyl (C=O) groups is 2. The molecule has 0 spiro atoms. The fourth-order valence-corrected chi connectivity index (χ4v) is 3.03. The van der Waals surface area contributed by atoms with Crippen LogP contribution >= 0.6 is 0 Å². The van der Waals surface area contributed by atoms with Gasteiger partial charge in [-0.05, 0) is 41.6 Å². The van der Waals surface area contributed by atoms with Crippen LogP contribution in [0, 0.1) is 22.9 Å². The van der Waals surface area contributed by atoms with Crippen LogP contribution in [0.4, 0.5) is 21.5 Å². The van der Waals surface area contributed by atoms with Crippen molar-refractivity contribution in [3.05, 3.63) is 58.2 Å². The van der Waals surface area contributed by atoms with E-state index < -0.39 is 29.1 Å². The van der Waals surface area contributed by atoms with Gasteiger partial charge in [-0.25, -0.2) is 4.39 Å². The lowest BCUT2D eigenvalue weighted by molar-refractivity contribution is -0.384. The fourth-order valence-electron chi connectivity index (χ4n) is 3.03. The second kappa shape index (κ2) is 7.78. The molecule has 2 amide bonds. The van der Waals surface area contributed by atoms with Crippen LogP contribution < -0.4 is 15.0 Å². The number of nitrogens with zero attached hydrogens (tertiary/aromatic N) is 6. The summed E-state index contributed by atoms with van der Waals surface area (Å²) in [5.41, 5.74) is 0.146. The Morgan fingerprint density at radius 2 is 2.10 bits per heavy atom. The third-order valence-corrected chi connectivity index (χ3v) is 4.48. The fraction of sp³-hybridized carbons (Fsp3) is 0.167. The molecule has 0 radical (unpaired) electrons. The quantitative estimate of drug-likeness (QED) is 0.475. The second-order valence-corrected chi connectivity index (χ2v) is 6.53. The number of carbonyl (C=O) groups excluding carboxylic acids is 2. The molecule has 0 saturated heterocycles. The van der Waals surface area contributed by atoms with Crippen molar-refractivity contribution in [1.29, 1.82) is 0 Å². The van der Waals surface area contributed by atoms with E-state index in [2.05, 4.69) is 20.8 Å². The maximum absolute atomic E-state index is 14.2. The van der Waals surface area contributed by atoms with Crippen molar-refractivity contribution in [3.63, 3.8) is 0 Å². The number of fused-ring (bicyclic) bond motifs is 1. The van der Waals surface area contributed by atoms with Crippen LogP contribution in [-0.4, -0.2) is 50.1 Å². The van der Waals surface area contributed by atoms with E-state index >= 15 is 0 Å². The molecule has 1 aromatic heterocycles. The molecule has 2 aromatic carbocycles. The molecule has 158 valence electrons. The lowest BCUT2D eigenvalue weighted by atomic mass is 10.2. The van der Waals surface area contributed by atoms with Crippen LogP contribution in [-0.2, 0) is 9.59 Å². The van der Waals surface area contributed by atoms with E-state index in [9.17, 15) is 24.1 Å². The topological polar surface area (TPSA) is 145 Å². The smallest absolute Gasteiger partial charge is 0.271 e. The molecule has 1 N–H and O–H groups in total. The molecule has 0 unspecified atom stereocenters. The zero-order valence-corrected chi connectivity index (χ0v) is 16.0. The monoisotopic (exact) mass is 427 g/mol. The summed E-state index contributed by atoms with van der Waals surface area (Å²) in [5, 5.41) is 24.5. The summed E-state index contributed by atoms with van der Waals surface area (Å²) in [6, 6.07) is 7.60. The number of anilines is 2. The average Bonchev–Trinajstić information content (AvgIpc) is 3.16. The molecule has 13 heteroatoms. The number of nitro groups is 1. The van der Waals surface area contributed by atoms with E-state index in [1.807, 2.05) is 0 Å². The molecule has 0 atom stereocenters. The number of nitrogens with one attached hydrogen (secondary N) is 1. The number of nitro benzene ring substituents is 1. The summed E-state index contributed by atoms with van der Waals surface area (Å²) in [6.07, 6.45) is 0.